The predicted octanol–water partition coefficient (Wildman–Crippen LogP) is 14.4. The average Bonchev–Trinajstić information content (AvgIpc) is 3.60. The molecule has 2 heteroatoms. The fourth-order valence-electron chi connectivity index (χ4n) is 7.69. The van der Waals surface area contributed by atoms with Crippen LogP contribution in [0.25, 0.3) is 76.9 Å². The van der Waals surface area contributed by atoms with Gasteiger partial charge in [0.15, 0.2) is 0 Å². The highest BCUT2D eigenvalue weighted by molar-refractivity contribution is 6.19. The van der Waals surface area contributed by atoms with Crippen LogP contribution in [-0.4, -0.2) is 0 Å². The van der Waals surface area contributed by atoms with Crippen molar-refractivity contribution in [1.82, 2.24) is 0 Å². The SMILES string of the molecule is c1ccc(-c2cc(N(c3ccccc3)c3ccc(-c4ccc5oc6ccc7ccccc7c6c5c4)cc3)ccc2-c2ccc3ccccc3c2)cc1. The lowest BCUT2D eigenvalue weighted by molar-refractivity contribution is 0.669. The fraction of sp³-hybridized carbons (Fsp3) is 0. The quantitative estimate of drug-likeness (QED) is 0.176. The smallest absolute Gasteiger partial charge is 0.136 e. The van der Waals surface area contributed by atoms with Crippen molar-refractivity contribution in [1.29, 1.82) is 0 Å². The summed E-state index contributed by atoms with van der Waals surface area (Å²) in [6.45, 7) is 0. The molecule has 0 aliphatic carbocycles. The first kappa shape index (κ1) is 30.0. The van der Waals surface area contributed by atoms with Crippen LogP contribution < -0.4 is 4.90 Å². The van der Waals surface area contributed by atoms with Crippen molar-refractivity contribution in [2.45, 2.75) is 0 Å². The lowest BCUT2D eigenvalue weighted by atomic mass is 9.92. The minimum atomic E-state index is 0.906. The van der Waals surface area contributed by atoms with E-state index in [4.69, 9.17) is 4.42 Å². The number of hydrogen-bond acceptors (Lipinski definition) is 2. The van der Waals surface area contributed by atoms with Gasteiger partial charge in [0.2, 0.25) is 0 Å². The molecule has 0 radical (unpaired) electrons. The summed E-state index contributed by atoms with van der Waals surface area (Å²) in [5.74, 6) is 0. The van der Waals surface area contributed by atoms with Gasteiger partial charge in [-0.3, -0.25) is 0 Å². The molecule has 0 fully saturated rings. The van der Waals surface area contributed by atoms with E-state index in [0.717, 1.165) is 44.7 Å². The van der Waals surface area contributed by atoms with Crippen molar-refractivity contribution in [3.8, 4) is 33.4 Å². The molecule has 10 aromatic rings. The zero-order chi connectivity index (χ0) is 34.4. The third-order valence-electron chi connectivity index (χ3n) is 10.2. The Balaban J connectivity index is 1.08. The molecule has 0 aliphatic heterocycles. The third kappa shape index (κ3) is 5.21. The van der Waals surface area contributed by atoms with E-state index in [1.54, 1.807) is 0 Å². The van der Waals surface area contributed by atoms with E-state index >= 15 is 0 Å². The summed E-state index contributed by atoms with van der Waals surface area (Å²) in [7, 11) is 0. The molecule has 1 aromatic heterocycles. The summed E-state index contributed by atoms with van der Waals surface area (Å²) in [5.41, 5.74) is 12.2. The fourth-order valence-corrected chi connectivity index (χ4v) is 7.69. The number of benzene rings is 9. The van der Waals surface area contributed by atoms with Crippen LogP contribution in [0.4, 0.5) is 17.1 Å². The Labute approximate surface area is 302 Å². The molecule has 0 aliphatic rings. The van der Waals surface area contributed by atoms with E-state index in [-0.39, 0.29) is 0 Å². The van der Waals surface area contributed by atoms with Crippen molar-refractivity contribution in [3.63, 3.8) is 0 Å². The Hall–Kier alpha value is -6.90. The molecule has 2 nitrogen and oxygen atoms in total. The van der Waals surface area contributed by atoms with Crippen molar-refractivity contribution < 1.29 is 4.42 Å². The van der Waals surface area contributed by atoms with E-state index < -0.39 is 0 Å². The van der Waals surface area contributed by atoms with Gasteiger partial charge in [-0.15, -0.1) is 0 Å². The summed E-state index contributed by atoms with van der Waals surface area (Å²) in [5, 5.41) is 7.22. The van der Waals surface area contributed by atoms with Crippen LogP contribution in [-0.2, 0) is 0 Å². The molecular formula is C50H33NO. The van der Waals surface area contributed by atoms with Crippen LogP contribution in [0.3, 0.4) is 0 Å². The van der Waals surface area contributed by atoms with Crippen LogP contribution in [0.5, 0.6) is 0 Å². The van der Waals surface area contributed by atoms with Gasteiger partial charge in [0.25, 0.3) is 0 Å². The number of hydrogen-bond donors (Lipinski definition) is 0. The maximum Gasteiger partial charge on any atom is 0.136 e. The zero-order valence-electron chi connectivity index (χ0n) is 28.4. The summed E-state index contributed by atoms with van der Waals surface area (Å²) in [6, 6.07) is 71.8. The summed E-state index contributed by atoms with van der Waals surface area (Å²) in [4.78, 5) is 2.35. The molecule has 0 unspecified atom stereocenters. The second kappa shape index (κ2) is 12.5. The monoisotopic (exact) mass is 663 g/mol. The molecule has 0 bridgehead atoms. The predicted molar refractivity (Wildman–Crippen MR) is 220 cm³/mol. The van der Waals surface area contributed by atoms with Crippen LogP contribution in [0, 0.1) is 0 Å². The van der Waals surface area contributed by atoms with Gasteiger partial charge in [0, 0.05) is 27.8 Å². The molecule has 52 heavy (non-hydrogen) atoms. The number of nitrogens with zero attached hydrogens (tertiary/aromatic N) is 1. The first-order valence-electron chi connectivity index (χ1n) is 17.8. The second-order valence-electron chi connectivity index (χ2n) is 13.3. The summed E-state index contributed by atoms with van der Waals surface area (Å²) >= 11 is 0. The largest absolute Gasteiger partial charge is 0.456 e. The van der Waals surface area contributed by atoms with Gasteiger partial charge in [-0.2, -0.15) is 0 Å². The Morgan fingerprint density at radius 2 is 0.923 bits per heavy atom. The van der Waals surface area contributed by atoms with E-state index in [2.05, 4.69) is 205 Å². The molecule has 9 aromatic carbocycles. The van der Waals surface area contributed by atoms with Crippen molar-refractivity contribution >= 4 is 60.5 Å². The normalized spacial score (nSPS) is 11.5. The van der Waals surface area contributed by atoms with E-state index in [9.17, 15) is 0 Å². The molecule has 244 valence electrons. The Morgan fingerprint density at radius 1 is 0.308 bits per heavy atom. The Kier molecular flexibility index (Phi) is 7.18. The number of rotatable bonds is 6. The number of fused-ring (bicyclic) bond motifs is 6. The second-order valence-corrected chi connectivity index (χ2v) is 13.3. The van der Waals surface area contributed by atoms with Crippen LogP contribution in [0.1, 0.15) is 0 Å². The molecule has 0 saturated heterocycles. The first-order valence-corrected chi connectivity index (χ1v) is 17.8. The van der Waals surface area contributed by atoms with Crippen molar-refractivity contribution in [3.05, 3.63) is 200 Å². The highest BCUT2D eigenvalue weighted by Gasteiger charge is 2.17. The lowest BCUT2D eigenvalue weighted by Gasteiger charge is -2.27. The highest BCUT2D eigenvalue weighted by Crippen LogP contribution is 2.42. The average molecular weight is 664 g/mol. The minimum Gasteiger partial charge on any atom is -0.456 e. The molecule has 0 N–H and O–H groups in total. The maximum absolute atomic E-state index is 6.29. The summed E-state index contributed by atoms with van der Waals surface area (Å²) in [6.07, 6.45) is 0. The minimum absolute atomic E-state index is 0.906. The Morgan fingerprint density at radius 3 is 1.75 bits per heavy atom. The number of anilines is 3. The number of para-hydroxylation sites is 1. The Bertz CT molecular complexity index is 2890. The van der Waals surface area contributed by atoms with Gasteiger partial charge in [-0.25, -0.2) is 0 Å². The molecule has 0 spiro atoms. The molecular weight excluding hydrogens is 631 g/mol. The molecule has 0 amide bonds. The maximum atomic E-state index is 6.29. The van der Waals surface area contributed by atoms with Gasteiger partial charge in [0.05, 0.1) is 0 Å². The van der Waals surface area contributed by atoms with Gasteiger partial charge >= 0.3 is 0 Å². The van der Waals surface area contributed by atoms with Crippen LogP contribution in [0.2, 0.25) is 0 Å². The molecule has 0 saturated carbocycles. The molecule has 10 rings (SSSR count). The van der Waals surface area contributed by atoms with Gasteiger partial charge in [-0.1, -0.05) is 140 Å². The zero-order valence-corrected chi connectivity index (χ0v) is 28.4. The summed E-state index contributed by atoms with van der Waals surface area (Å²) < 4.78 is 6.29. The van der Waals surface area contributed by atoms with Crippen LogP contribution >= 0.6 is 0 Å². The topological polar surface area (TPSA) is 16.4 Å². The molecule has 0 atom stereocenters. The van der Waals surface area contributed by atoms with E-state index in [1.807, 2.05) is 0 Å². The highest BCUT2D eigenvalue weighted by atomic mass is 16.3. The van der Waals surface area contributed by atoms with E-state index in [1.165, 1.54) is 49.2 Å². The van der Waals surface area contributed by atoms with Gasteiger partial charge in [0.1, 0.15) is 11.2 Å². The molecule has 1 heterocycles. The van der Waals surface area contributed by atoms with Gasteiger partial charge in [-0.05, 0) is 116 Å². The van der Waals surface area contributed by atoms with Gasteiger partial charge < -0.3 is 9.32 Å². The first-order chi connectivity index (χ1) is 25.8. The lowest BCUT2D eigenvalue weighted by Crippen LogP contribution is -2.10. The standard InChI is InChI=1S/C50H33NO/c1-3-12-36(13-4-1)46-33-43(27-28-44(46)40-20-19-34-11-7-8-15-38(34)31-40)51(41-16-5-2-6-17-41)42-25-21-35(22-26-42)39-24-29-48-47(32-39)50-45-18-10-9-14-37(45)23-30-49(50)52-48/h1-33H. The third-order valence-corrected chi connectivity index (χ3v) is 10.2. The number of furan rings is 1. The van der Waals surface area contributed by atoms with Crippen molar-refractivity contribution in [2.75, 3.05) is 4.90 Å². The van der Waals surface area contributed by atoms with Crippen LogP contribution in [0.15, 0.2) is 205 Å². The van der Waals surface area contributed by atoms with Crippen molar-refractivity contribution in [2.24, 2.45) is 0 Å². The van der Waals surface area contributed by atoms with E-state index in [0.29, 0.717) is 0 Å².